The SMILES string of the molecule is Cc1ccccc1-n1c(-c2ccc(Cl)cc2)cnc1SCC(=O)C12CC3CC(CC(C3)C1)C2. The van der Waals surface area contributed by atoms with Crippen LogP contribution in [0, 0.1) is 30.1 Å². The average molecular weight is 477 g/mol. The van der Waals surface area contributed by atoms with Crippen LogP contribution in [0.2, 0.25) is 5.02 Å². The molecule has 0 unspecified atom stereocenters. The van der Waals surface area contributed by atoms with Gasteiger partial charge >= 0.3 is 0 Å². The molecular formula is C28H29ClN2OS. The summed E-state index contributed by atoms with van der Waals surface area (Å²) >= 11 is 7.74. The Kier molecular flexibility index (Phi) is 5.42. The quantitative estimate of drug-likeness (QED) is 0.348. The zero-order chi connectivity index (χ0) is 22.6. The van der Waals surface area contributed by atoms with E-state index in [1.807, 2.05) is 30.5 Å². The largest absolute Gasteiger partial charge is 0.298 e. The van der Waals surface area contributed by atoms with Crippen molar-refractivity contribution >= 4 is 29.1 Å². The van der Waals surface area contributed by atoms with Gasteiger partial charge in [-0.05, 0) is 87.0 Å². The number of para-hydroxylation sites is 1. The van der Waals surface area contributed by atoms with E-state index >= 15 is 0 Å². The number of aromatic nitrogens is 2. The lowest BCUT2D eigenvalue weighted by molar-refractivity contribution is -0.141. The van der Waals surface area contributed by atoms with Crippen molar-refractivity contribution in [2.24, 2.45) is 23.2 Å². The minimum atomic E-state index is -0.0547. The molecule has 3 nitrogen and oxygen atoms in total. The number of carbonyl (C=O) groups is 1. The summed E-state index contributed by atoms with van der Waals surface area (Å²) in [5.74, 6) is 3.33. The van der Waals surface area contributed by atoms with Gasteiger partial charge in [-0.2, -0.15) is 0 Å². The molecule has 4 aliphatic rings. The van der Waals surface area contributed by atoms with E-state index in [1.165, 1.54) is 24.8 Å². The van der Waals surface area contributed by atoms with Crippen molar-refractivity contribution in [1.82, 2.24) is 9.55 Å². The van der Waals surface area contributed by atoms with Gasteiger partial charge in [0.2, 0.25) is 0 Å². The molecule has 4 aliphatic carbocycles. The Labute approximate surface area is 204 Å². The molecule has 0 atom stereocenters. The number of thioether (sulfide) groups is 1. The molecule has 1 heterocycles. The standard InChI is InChI=1S/C28H29ClN2OS/c1-18-4-2-3-5-24(18)31-25(22-6-8-23(29)9-7-22)16-30-27(31)33-17-26(32)28-13-19-10-20(14-28)12-21(11-19)15-28/h2-9,16,19-21H,10-15,17H2,1H3. The highest BCUT2D eigenvalue weighted by Crippen LogP contribution is 2.60. The van der Waals surface area contributed by atoms with Gasteiger partial charge in [0.05, 0.1) is 23.3 Å². The molecule has 7 rings (SSSR count). The van der Waals surface area contributed by atoms with E-state index in [9.17, 15) is 4.79 Å². The number of rotatable bonds is 6. The zero-order valence-electron chi connectivity index (χ0n) is 19.0. The molecule has 0 spiro atoms. The van der Waals surface area contributed by atoms with Crippen molar-refractivity contribution in [2.45, 2.75) is 50.6 Å². The Morgan fingerprint density at radius 1 is 1.03 bits per heavy atom. The number of imidazole rings is 1. The first-order valence-corrected chi connectivity index (χ1v) is 13.4. The summed E-state index contributed by atoms with van der Waals surface area (Å²) in [6, 6.07) is 16.2. The maximum atomic E-state index is 13.6. The maximum Gasteiger partial charge on any atom is 0.173 e. The van der Waals surface area contributed by atoms with Crippen molar-refractivity contribution in [3.8, 4) is 16.9 Å². The van der Waals surface area contributed by atoms with Crippen LogP contribution in [-0.2, 0) is 4.79 Å². The van der Waals surface area contributed by atoms with Crippen molar-refractivity contribution in [3.63, 3.8) is 0 Å². The molecule has 1 aromatic heterocycles. The Balaban J connectivity index is 1.31. The molecule has 0 amide bonds. The van der Waals surface area contributed by atoms with Gasteiger partial charge in [-0.25, -0.2) is 4.98 Å². The van der Waals surface area contributed by atoms with Gasteiger partial charge in [0.15, 0.2) is 5.16 Å². The summed E-state index contributed by atoms with van der Waals surface area (Å²) in [4.78, 5) is 18.4. The van der Waals surface area contributed by atoms with E-state index in [4.69, 9.17) is 16.6 Å². The van der Waals surface area contributed by atoms with Crippen LogP contribution in [0.25, 0.3) is 16.9 Å². The Bertz CT molecular complexity index is 1160. The van der Waals surface area contributed by atoms with Gasteiger partial charge in [0.25, 0.3) is 0 Å². The third-order valence-corrected chi connectivity index (χ3v) is 9.39. The zero-order valence-corrected chi connectivity index (χ0v) is 20.5. The van der Waals surface area contributed by atoms with E-state index in [-0.39, 0.29) is 5.41 Å². The lowest BCUT2D eigenvalue weighted by atomic mass is 9.48. The Morgan fingerprint density at radius 3 is 2.30 bits per heavy atom. The summed E-state index contributed by atoms with van der Waals surface area (Å²) in [6.45, 7) is 2.12. The maximum absolute atomic E-state index is 13.6. The van der Waals surface area contributed by atoms with Crippen LogP contribution >= 0.6 is 23.4 Å². The van der Waals surface area contributed by atoms with E-state index in [0.717, 1.165) is 64.1 Å². The van der Waals surface area contributed by atoms with Gasteiger partial charge < -0.3 is 0 Å². The molecule has 0 radical (unpaired) electrons. The third-order valence-electron chi connectivity index (χ3n) is 8.19. The first kappa shape index (κ1) is 21.5. The first-order valence-electron chi connectivity index (χ1n) is 12.1. The molecule has 2 aromatic carbocycles. The van der Waals surface area contributed by atoms with Gasteiger partial charge in [-0.1, -0.05) is 53.7 Å². The molecule has 0 aliphatic heterocycles. The number of benzene rings is 2. The fourth-order valence-electron chi connectivity index (χ4n) is 7.04. The highest BCUT2D eigenvalue weighted by atomic mass is 35.5. The average Bonchev–Trinajstić information content (AvgIpc) is 3.21. The number of hydrogen-bond donors (Lipinski definition) is 0. The fourth-order valence-corrected chi connectivity index (χ4v) is 8.19. The smallest absolute Gasteiger partial charge is 0.173 e. The molecule has 4 fully saturated rings. The van der Waals surface area contributed by atoms with Crippen LogP contribution in [0.3, 0.4) is 0 Å². The van der Waals surface area contributed by atoms with Gasteiger partial charge in [0.1, 0.15) is 5.78 Å². The number of aryl methyl sites for hydroxylation is 1. The second-order valence-electron chi connectivity index (χ2n) is 10.5. The van der Waals surface area contributed by atoms with E-state index in [2.05, 4.69) is 35.8 Å². The summed E-state index contributed by atoms with van der Waals surface area (Å²) in [5, 5.41) is 1.60. The topological polar surface area (TPSA) is 34.9 Å². The predicted octanol–water partition coefficient (Wildman–Crippen LogP) is 7.38. The minimum Gasteiger partial charge on any atom is -0.298 e. The van der Waals surface area contributed by atoms with Crippen LogP contribution in [0.4, 0.5) is 0 Å². The van der Waals surface area contributed by atoms with Crippen LogP contribution in [-0.4, -0.2) is 21.1 Å². The van der Waals surface area contributed by atoms with Crippen molar-refractivity contribution in [1.29, 1.82) is 0 Å². The molecule has 0 saturated heterocycles. The number of Topliss-reactive ketones (excluding diaryl/α,β-unsaturated/α-hetero) is 1. The summed E-state index contributed by atoms with van der Waals surface area (Å²) in [6.07, 6.45) is 9.39. The lowest BCUT2D eigenvalue weighted by Gasteiger charge is -2.56. The number of carbonyl (C=O) groups excluding carboxylic acids is 1. The molecule has 5 heteroatoms. The minimum absolute atomic E-state index is 0.0547. The molecule has 4 saturated carbocycles. The molecule has 170 valence electrons. The van der Waals surface area contributed by atoms with Gasteiger partial charge in [-0.15, -0.1) is 0 Å². The summed E-state index contributed by atoms with van der Waals surface area (Å²) in [5.41, 5.74) is 4.31. The number of nitrogens with zero attached hydrogens (tertiary/aromatic N) is 2. The predicted molar refractivity (Wildman–Crippen MR) is 135 cm³/mol. The van der Waals surface area contributed by atoms with E-state index < -0.39 is 0 Å². The lowest BCUT2D eigenvalue weighted by Crippen LogP contribution is -2.50. The first-order chi connectivity index (χ1) is 16.0. The monoisotopic (exact) mass is 476 g/mol. The van der Waals surface area contributed by atoms with Crippen LogP contribution in [0.1, 0.15) is 44.1 Å². The van der Waals surface area contributed by atoms with Crippen molar-refractivity contribution in [2.75, 3.05) is 5.75 Å². The second kappa shape index (κ2) is 8.32. The van der Waals surface area contributed by atoms with Crippen molar-refractivity contribution < 1.29 is 4.79 Å². The number of halogens is 1. The Hall–Kier alpha value is -2.04. The molecule has 3 aromatic rings. The molecule has 0 N–H and O–H groups in total. The fraction of sp³-hybridized carbons (Fsp3) is 0.429. The number of hydrogen-bond acceptors (Lipinski definition) is 3. The highest BCUT2D eigenvalue weighted by molar-refractivity contribution is 7.99. The molecular weight excluding hydrogens is 448 g/mol. The van der Waals surface area contributed by atoms with Gasteiger partial charge in [0, 0.05) is 16.0 Å². The van der Waals surface area contributed by atoms with Crippen molar-refractivity contribution in [3.05, 3.63) is 65.3 Å². The number of ketones is 1. The molecule has 33 heavy (non-hydrogen) atoms. The summed E-state index contributed by atoms with van der Waals surface area (Å²) in [7, 11) is 0. The van der Waals surface area contributed by atoms with Crippen LogP contribution in [0.5, 0.6) is 0 Å². The second-order valence-corrected chi connectivity index (χ2v) is 11.8. The molecule has 4 bridgehead atoms. The normalized spacial score (nSPS) is 27.8. The van der Waals surface area contributed by atoms with Crippen LogP contribution < -0.4 is 0 Å². The Morgan fingerprint density at radius 2 is 1.67 bits per heavy atom. The van der Waals surface area contributed by atoms with E-state index in [0.29, 0.717) is 11.5 Å². The third kappa shape index (κ3) is 3.85. The highest BCUT2D eigenvalue weighted by Gasteiger charge is 2.54. The van der Waals surface area contributed by atoms with Crippen LogP contribution in [0.15, 0.2) is 59.9 Å². The summed E-state index contributed by atoms with van der Waals surface area (Å²) < 4.78 is 2.20. The van der Waals surface area contributed by atoms with E-state index in [1.54, 1.807) is 11.8 Å². The van der Waals surface area contributed by atoms with Gasteiger partial charge in [-0.3, -0.25) is 9.36 Å².